The lowest BCUT2D eigenvalue weighted by molar-refractivity contribution is 0.0827. The van der Waals surface area contributed by atoms with Gasteiger partial charge in [-0.2, -0.15) is 0 Å². The Morgan fingerprint density at radius 3 is 2.60 bits per heavy atom. The third kappa shape index (κ3) is 3.36. The number of nitrogens with zero attached hydrogens (tertiary/aromatic N) is 2. The molecule has 1 N–H and O–H groups in total. The van der Waals surface area contributed by atoms with Crippen LogP contribution >= 0.6 is 11.3 Å². The molecule has 0 aliphatic rings. The molecule has 2 aromatic heterocycles. The van der Waals surface area contributed by atoms with Crippen molar-refractivity contribution >= 4 is 23.1 Å². The fraction of sp³-hybridized carbons (Fsp3) is 0.333. The number of carbonyl (C=O) groups is 1. The second-order valence-electron chi connectivity index (χ2n) is 4.94. The van der Waals surface area contributed by atoms with E-state index in [0.717, 1.165) is 12.4 Å². The largest absolute Gasteiger partial charge is 0.365 e. The van der Waals surface area contributed by atoms with Crippen LogP contribution in [-0.2, 0) is 6.54 Å². The standard InChI is InChI=1S/C15H19N3OS/c1-10-7-13(20-11(10)2)9-17-14-6-5-12(8-16-14)15(19)18(3)4/h5-8H,9H2,1-4H3,(H,16,17). The van der Waals surface area contributed by atoms with Crippen molar-refractivity contribution in [3.05, 3.63) is 45.3 Å². The predicted molar refractivity (Wildman–Crippen MR) is 83.4 cm³/mol. The Morgan fingerprint density at radius 1 is 1.35 bits per heavy atom. The van der Waals surface area contributed by atoms with E-state index in [2.05, 4.69) is 30.2 Å². The molecular formula is C15H19N3OS. The predicted octanol–water partition coefficient (Wildman–Crippen LogP) is 3.07. The number of anilines is 1. The van der Waals surface area contributed by atoms with E-state index in [4.69, 9.17) is 0 Å². The number of rotatable bonds is 4. The first-order valence-corrected chi connectivity index (χ1v) is 7.26. The Kier molecular flexibility index (Phi) is 4.39. The van der Waals surface area contributed by atoms with E-state index >= 15 is 0 Å². The molecule has 0 aromatic carbocycles. The van der Waals surface area contributed by atoms with Gasteiger partial charge in [-0.1, -0.05) is 0 Å². The molecule has 0 atom stereocenters. The molecule has 2 aromatic rings. The lowest BCUT2D eigenvalue weighted by Crippen LogP contribution is -2.21. The fourth-order valence-corrected chi connectivity index (χ4v) is 2.79. The van der Waals surface area contributed by atoms with E-state index in [-0.39, 0.29) is 5.91 Å². The van der Waals surface area contributed by atoms with Crippen LogP contribution in [0.2, 0.25) is 0 Å². The second-order valence-corrected chi connectivity index (χ2v) is 6.28. The smallest absolute Gasteiger partial charge is 0.254 e. The maximum Gasteiger partial charge on any atom is 0.254 e. The zero-order valence-electron chi connectivity index (χ0n) is 12.2. The number of hydrogen-bond acceptors (Lipinski definition) is 4. The van der Waals surface area contributed by atoms with Crippen molar-refractivity contribution in [2.24, 2.45) is 0 Å². The zero-order chi connectivity index (χ0) is 14.7. The van der Waals surface area contributed by atoms with Crippen LogP contribution in [0.15, 0.2) is 24.4 Å². The van der Waals surface area contributed by atoms with Crippen molar-refractivity contribution in [3.63, 3.8) is 0 Å². The molecular weight excluding hydrogens is 270 g/mol. The highest BCUT2D eigenvalue weighted by Gasteiger charge is 2.08. The van der Waals surface area contributed by atoms with Gasteiger partial charge < -0.3 is 10.2 Å². The van der Waals surface area contributed by atoms with E-state index in [1.807, 2.05) is 6.07 Å². The lowest BCUT2D eigenvalue weighted by Gasteiger charge is -2.10. The van der Waals surface area contributed by atoms with Gasteiger partial charge in [0.15, 0.2) is 0 Å². The average molecular weight is 289 g/mol. The molecule has 0 fully saturated rings. The molecule has 0 spiro atoms. The maximum atomic E-state index is 11.7. The van der Waals surface area contributed by atoms with Gasteiger partial charge in [0.1, 0.15) is 5.82 Å². The Hall–Kier alpha value is -1.88. The van der Waals surface area contributed by atoms with Crippen LogP contribution in [0.4, 0.5) is 5.82 Å². The summed E-state index contributed by atoms with van der Waals surface area (Å²) in [4.78, 5) is 20.2. The highest BCUT2D eigenvalue weighted by molar-refractivity contribution is 7.12. The molecule has 0 bridgehead atoms. The number of nitrogens with one attached hydrogen (secondary N) is 1. The topological polar surface area (TPSA) is 45.2 Å². The molecule has 0 aliphatic carbocycles. The number of thiophene rings is 1. The summed E-state index contributed by atoms with van der Waals surface area (Å²) in [5, 5.41) is 3.27. The summed E-state index contributed by atoms with van der Waals surface area (Å²) in [5.74, 6) is 0.748. The van der Waals surface area contributed by atoms with Gasteiger partial charge in [-0.25, -0.2) is 4.98 Å². The summed E-state index contributed by atoms with van der Waals surface area (Å²) in [6.07, 6.45) is 1.61. The number of amides is 1. The highest BCUT2D eigenvalue weighted by atomic mass is 32.1. The summed E-state index contributed by atoms with van der Waals surface area (Å²) in [5.41, 5.74) is 1.93. The summed E-state index contributed by atoms with van der Waals surface area (Å²) in [6.45, 7) is 5.01. The van der Waals surface area contributed by atoms with Gasteiger partial charge in [0.25, 0.3) is 5.91 Å². The van der Waals surface area contributed by atoms with Gasteiger partial charge in [0, 0.05) is 30.0 Å². The Bertz CT molecular complexity index is 583. The van der Waals surface area contributed by atoms with Crippen LogP contribution in [-0.4, -0.2) is 29.9 Å². The fourth-order valence-electron chi connectivity index (χ4n) is 1.80. The van der Waals surface area contributed by atoms with Crippen molar-refractivity contribution in [1.82, 2.24) is 9.88 Å². The number of aryl methyl sites for hydroxylation is 2. The van der Waals surface area contributed by atoms with Crippen molar-refractivity contribution in [1.29, 1.82) is 0 Å². The monoisotopic (exact) mass is 289 g/mol. The third-order valence-electron chi connectivity index (χ3n) is 3.08. The maximum absolute atomic E-state index is 11.7. The van der Waals surface area contributed by atoms with E-state index in [1.54, 1.807) is 42.6 Å². The third-order valence-corrected chi connectivity index (χ3v) is 4.23. The molecule has 4 nitrogen and oxygen atoms in total. The summed E-state index contributed by atoms with van der Waals surface area (Å²) in [6, 6.07) is 5.82. The van der Waals surface area contributed by atoms with Crippen molar-refractivity contribution in [3.8, 4) is 0 Å². The van der Waals surface area contributed by atoms with Crippen LogP contribution in [0.1, 0.15) is 25.7 Å². The molecule has 0 unspecified atom stereocenters. The second kappa shape index (κ2) is 6.05. The minimum atomic E-state index is -0.0337. The lowest BCUT2D eigenvalue weighted by atomic mass is 10.2. The molecule has 5 heteroatoms. The zero-order valence-corrected chi connectivity index (χ0v) is 13.0. The van der Waals surface area contributed by atoms with E-state index in [0.29, 0.717) is 5.56 Å². The van der Waals surface area contributed by atoms with Gasteiger partial charge in [-0.15, -0.1) is 11.3 Å². The molecule has 0 radical (unpaired) electrons. The van der Waals surface area contributed by atoms with Crippen LogP contribution < -0.4 is 5.32 Å². The minimum Gasteiger partial charge on any atom is -0.365 e. The molecule has 20 heavy (non-hydrogen) atoms. The normalized spacial score (nSPS) is 10.4. The van der Waals surface area contributed by atoms with Crippen molar-refractivity contribution in [2.45, 2.75) is 20.4 Å². The van der Waals surface area contributed by atoms with Crippen LogP contribution in [0.25, 0.3) is 0 Å². The highest BCUT2D eigenvalue weighted by Crippen LogP contribution is 2.21. The van der Waals surface area contributed by atoms with Gasteiger partial charge in [-0.3, -0.25) is 4.79 Å². The quantitative estimate of drug-likeness (QED) is 0.941. The van der Waals surface area contributed by atoms with Crippen molar-refractivity contribution in [2.75, 3.05) is 19.4 Å². The van der Waals surface area contributed by atoms with E-state index in [9.17, 15) is 4.79 Å². The molecule has 0 saturated heterocycles. The van der Waals surface area contributed by atoms with E-state index in [1.165, 1.54) is 15.3 Å². The summed E-state index contributed by atoms with van der Waals surface area (Å²) in [7, 11) is 3.46. The number of carbonyl (C=O) groups excluding carboxylic acids is 1. The first-order chi connectivity index (χ1) is 9.47. The van der Waals surface area contributed by atoms with Crippen LogP contribution in [0, 0.1) is 13.8 Å². The van der Waals surface area contributed by atoms with Crippen LogP contribution in [0.5, 0.6) is 0 Å². The van der Waals surface area contributed by atoms with Gasteiger partial charge in [0.05, 0.1) is 12.1 Å². The number of pyridine rings is 1. The molecule has 2 rings (SSSR count). The molecule has 2 heterocycles. The first kappa shape index (κ1) is 14.5. The van der Waals surface area contributed by atoms with Gasteiger partial charge >= 0.3 is 0 Å². The Labute approximate surface area is 123 Å². The number of hydrogen-bond donors (Lipinski definition) is 1. The molecule has 0 aliphatic heterocycles. The summed E-state index contributed by atoms with van der Waals surface area (Å²) < 4.78 is 0. The van der Waals surface area contributed by atoms with E-state index < -0.39 is 0 Å². The first-order valence-electron chi connectivity index (χ1n) is 6.45. The van der Waals surface area contributed by atoms with Gasteiger partial charge in [0.2, 0.25) is 0 Å². The van der Waals surface area contributed by atoms with Crippen LogP contribution in [0.3, 0.4) is 0 Å². The van der Waals surface area contributed by atoms with Crippen molar-refractivity contribution < 1.29 is 4.79 Å². The molecule has 1 amide bonds. The average Bonchev–Trinajstić information content (AvgIpc) is 2.75. The minimum absolute atomic E-state index is 0.0337. The Morgan fingerprint density at radius 2 is 2.10 bits per heavy atom. The summed E-state index contributed by atoms with van der Waals surface area (Å²) >= 11 is 1.79. The molecule has 0 saturated carbocycles. The molecule has 106 valence electrons. The van der Waals surface area contributed by atoms with Gasteiger partial charge in [-0.05, 0) is 37.6 Å². The Balaban J connectivity index is 1.99. The number of aromatic nitrogens is 1. The SMILES string of the molecule is Cc1cc(CNc2ccc(C(=O)N(C)C)cn2)sc1C.